The minimum atomic E-state index is -0.630. The molecule has 0 radical (unpaired) electrons. The van der Waals surface area contributed by atoms with Gasteiger partial charge in [-0.2, -0.15) is 0 Å². The Kier molecular flexibility index (Phi) is 6.28. The highest BCUT2D eigenvalue weighted by Crippen LogP contribution is 2.30. The second-order valence-electron chi connectivity index (χ2n) is 7.92. The Morgan fingerprint density at radius 2 is 1.89 bits per heavy atom. The molecule has 3 heterocycles. The van der Waals surface area contributed by atoms with Crippen LogP contribution in [0.3, 0.4) is 0 Å². The van der Waals surface area contributed by atoms with Crippen molar-refractivity contribution in [2.24, 2.45) is 4.99 Å². The van der Waals surface area contributed by atoms with Crippen LogP contribution in [0.2, 0.25) is 5.02 Å². The molecule has 4 aromatic rings. The molecule has 0 saturated carbocycles. The fourth-order valence-corrected chi connectivity index (χ4v) is 5.22. The van der Waals surface area contributed by atoms with E-state index in [0.29, 0.717) is 37.1 Å². The van der Waals surface area contributed by atoms with Crippen LogP contribution in [0.4, 0.5) is 0 Å². The minimum Gasteiger partial charge on any atom is -0.463 e. The summed E-state index contributed by atoms with van der Waals surface area (Å²) in [5.74, 6) is 0.733. The van der Waals surface area contributed by atoms with Gasteiger partial charge in [-0.15, -0.1) is 0 Å². The fraction of sp³-hybridized carbons (Fsp3) is 0.148. The molecule has 2 aromatic carbocycles. The van der Waals surface area contributed by atoms with Crippen LogP contribution in [0.1, 0.15) is 31.2 Å². The molecule has 35 heavy (non-hydrogen) atoms. The second kappa shape index (κ2) is 9.52. The van der Waals surface area contributed by atoms with Crippen LogP contribution >= 0.6 is 22.9 Å². The van der Waals surface area contributed by atoms with Crippen LogP contribution in [-0.2, 0) is 9.53 Å². The minimum absolute atomic E-state index is 0.232. The third kappa shape index (κ3) is 4.40. The van der Waals surface area contributed by atoms with Gasteiger partial charge >= 0.3 is 5.97 Å². The number of carbonyl (C=O) groups is 1. The largest absolute Gasteiger partial charge is 0.463 e. The number of hydrogen-bond acceptors (Lipinski definition) is 6. The van der Waals surface area contributed by atoms with E-state index in [4.69, 9.17) is 20.8 Å². The third-order valence-electron chi connectivity index (χ3n) is 5.66. The fourth-order valence-electron chi connectivity index (χ4n) is 4.07. The Morgan fingerprint density at radius 1 is 1.14 bits per heavy atom. The van der Waals surface area contributed by atoms with Gasteiger partial charge in [-0.05, 0) is 55.8 Å². The highest BCUT2D eigenvalue weighted by atomic mass is 35.5. The van der Waals surface area contributed by atoms with E-state index >= 15 is 0 Å². The van der Waals surface area contributed by atoms with Crippen molar-refractivity contribution >= 4 is 35.0 Å². The number of furan rings is 1. The maximum atomic E-state index is 13.6. The van der Waals surface area contributed by atoms with E-state index in [-0.39, 0.29) is 12.2 Å². The van der Waals surface area contributed by atoms with Crippen LogP contribution in [0.25, 0.3) is 17.4 Å². The Balaban J connectivity index is 1.62. The van der Waals surface area contributed by atoms with E-state index in [1.165, 1.54) is 11.3 Å². The summed E-state index contributed by atoms with van der Waals surface area (Å²) in [6.07, 6.45) is 1.70. The molecule has 0 N–H and O–H groups in total. The Labute approximate surface area is 210 Å². The number of hydrogen-bond donors (Lipinski definition) is 0. The molecule has 1 atom stereocenters. The lowest BCUT2D eigenvalue weighted by molar-refractivity contribution is -0.139. The number of nitrogens with zero attached hydrogens (tertiary/aromatic N) is 2. The van der Waals surface area contributed by atoms with Crippen molar-refractivity contribution in [2.75, 3.05) is 6.61 Å². The van der Waals surface area contributed by atoms with Crippen molar-refractivity contribution in [2.45, 2.75) is 19.9 Å². The van der Waals surface area contributed by atoms with E-state index < -0.39 is 12.0 Å². The number of aromatic nitrogens is 1. The maximum Gasteiger partial charge on any atom is 0.338 e. The SMILES string of the molecule is CCOC(=O)C1=C(C)N=c2s/c(=C/c3ccc(-c4ccc(Cl)cc4)o3)c(=O)n2[C@H]1c1ccccc1. The lowest BCUT2D eigenvalue weighted by Gasteiger charge is -2.24. The van der Waals surface area contributed by atoms with Crippen molar-refractivity contribution < 1.29 is 13.9 Å². The van der Waals surface area contributed by atoms with E-state index in [1.54, 1.807) is 36.6 Å². The van der Waals surface area contributed by atoms with Crippen molar-refractivity contribution in [3.8, 4) is 11.3 Å². The van der Waals surface area contributed by atoms with Gasteiger partial charge in [0.05, 0.1) is 28.5 Å². The number of esters is 1. The first-order chi connectivity index (χ1) is 17.0. The van der Waals surface area contributed by atoms with E-state index in [9.17, 15) is 9.59 Å². The maximum absolute atomic E-state index is 13.6. The monoisotopic (exact) mass is 504 g/mol. The molecule has 8 heteroatoms. The zero-order valence-electron chi connectivity index (χ0n) is 19.0. The zero-order chi connectivity index (χ0) is 24.5. The predicted molar refractivity (Wildman–Crippen MR) is 136 cm³/mol. The molecule has 6 nitrogen and oxygen atoms in total. The van der Waals surface area contributed by atoms with Gasteiger partial charge in [-0.3, -0.25) is 9.36 Å². The van der Waals surface area contributed by atoms with Gasteiger partial charge in [0.1, 0.15) is 11.5 Å². The number of ether oxygens (including phenoxy) is 1. The third-order valence-corrected chi connectivity index (χ3v) is 6.90. The lowest BCUT2D eigenvalue weighted by Crippen LogP contribution is -2.39. The van der Waals surface area contributed by atoms with E-state index in [0.717, 1.165) is 11.1 Å². The van der Waals surface area contributed by atoms with Gasteiger partial charge in [-0.25, -0.2) is 9.79 Å². The summed E-state index contributed by atoms with van der Waals surface area (Å²) in [6, 6.07) is 19.8. The average molecular weight is 505 g/mol. The van der Waals surface area contributed by atoms with Gasteiger partial charge in [-0.1, -0.05) is 53.3 Å². The average Bonchev–Trinajstić information content (AvgIpc) is 3.44. The van der Waals surface area contributed by atoms with Crippen molar-refractivity contribution in [1.29, 1.82) is 0 Å². The highest BCUT2D eigenvalue weighted by molar-refractivity contribution is 7.07. The molecule has 2 aromatic heterocycles. The molecule has 0 aliphatic carbocycles. The predicted octanol–water partition coefficient (Wildman–Crippen LogP) is 4.71. The van der Waals surface area contributed by atoms with Crippen molar-refractivity contribution in [1.82, 2.24) is 4.57 Å². The van der Waals surface area contributed by atoms with E-state index in [1.807, 2.05) is 54.6 Å². The zero-order valence-corrected chi connectivity index (χ0v) is 20.6. The summed E-state index contributed by atoms with van der Waals surface area (Å²) in [4.78, 5) is 31.6. The summed E-state index contributed by atoms with van der Waals surface area (Å²) < 4.78 is 13.3. The summed E-state index contributed by atoms with van der Waals surface area (Å²) in [6.45, 7) is 3.75. The first-order valence-electron chi connectivity index (χ1n) is 11.1. The smallest absolute Gasteiger partial charge is 0.338 e. The topological polar surface area (TPSA) is 73.8 Å². The summed E-state index contributed by atoms with van der Waals surface area (Å²) >= 11 is 7.24. The van der Waals surface area contributed by atoms with Gasteiger partial charge in [0.2, 0.25) is 0 Å². The Bertz CT molecular complexity index is 1610. The van der Waals surface area contributed by atoms with Gasteiger partial charge in [0.15, 0.2) is 4.80 Å². The van der Waals surface area contributed by atoms with Crippen LogP contribution in [0.15, 0.2) is 92.2 Å². The number of rotatable bonds is 5. The van der Waals surface area contributed by atoms with E-state index in [2.05, 4.69) is 4.99 Å². The van der Waals surface area contributed by atoms with Crippen LogP contribution in [-0.4, -0.2) is 17.1 Å². The molecule has 176 valence electrons. The van der Waals surface area contributed by atoms with Crippen LogP contribution < -0.4 is 14.9 Å². The summed E-state index contributed by atoms with van der Waals surface area (Å²) in [5.41, 5.74) is 2.34. The number of thiazole rings is 1. The highest BCUT2D eigenvalue weighted by Gasteiger charge is 2.33. The molecular formula is C27H21ClN2O4S. The number of fused-ring (bicyclic) bond motifs is 1. The molecule has 5 rings (SSSR count). The standard InChI is InChI=1S/C27H21ClN2O4S/c1-3-33-26(32)23-16(2)29-27-30(24(23)18-7-5-4-6-8-18)25(31)22(35-27)15-20-13-14-21(34-20)17-9-11-19(28)12-10-17/h4-15,24H,3H2,1-2H3/b22-15+/t24-/m0/s1. The number of halogens is 1. The normalized spacial score (nSPS) is 15.6. The molecule has 0 bridgehead atoms. The first-order valence-corrected chi connectivity index (χ1v) is 12.3. The van der Waals surface area contributed by atoms with Gasteiger partial charge in [0.25, 0.3) is 5.56 Å². The number of benzene rings is 2. The van der Waals surface area contributed by atoms with Crippen LogP contribution in [0, 0.1) is 0 Å². The molecule has 1 aliphatic heterocycles. The van der Waals surface area contributed by atoms with Crippen molar-refractivity contribution in [3.63, 3.8) is 0 Å². The van der Waals surface area contributed by atoms with Crippen LogP contribution in [0.5, 0.6) is 0 Å². The van der Waals surface area contributed by atoms with Crippen molar-refractivity contribution in [3.05, 3.63) is 114 Å². The molecule has 0 amide bonds. The molecule has 1 aliphatic rings. The summed E-state index contributed by atoms with van der Waals surface area (Å²) in [5, 5.41) is 0.645. The van der Waals surface area contributed by atoms with Gasteiger partial charge in [0, 0.05) is 16.7 Å². The quantitative estimate of drug-likeness (QED) is 0.369. The Hall–Kier alpha value is -3.68. The Morgan fingerprint density at radius 3 is 2.60 bits per heavy atom. The summed E-state index contributed by atoms with van der Waals surface area (Å²) in [7, 11) is 0. The number of allylic oxidation sites excluding steroid dienone is 1. The molecule has 0 fully saturated rings. The van der Waals surface area contributed by atoms with Gasteiger partial charge < -0.3 is 9.15 Å². The molecule has 0 unspecified atom stereocenters. The molecular weight excluding hydrogens is 484 g/mol. The second-order valence-corrected chi connectivity index (χ2v) is 9.37. The molecule has 0 saturated heterocycles. The lowest BCUT2D eigenvalue weighted by atomic mass is 9.96. The molecule has 0 spiro atoms. The first kappa shape index (κ1) is 23.1. The number of carbonyl (C=O) groups excluding carboxylic acids is 1.